The van der Waals surface area contributed by atoms with E-state index in [-0.39, 0.29) is 16.7 Å². The summed E-state index contributed by atoms with van der Waals surface area (Å²) in [6.45, 7) is 0. The Kier molecular flexibility index (Phi) is 3.47. The quantitative estimate of drug-likeness (QED) is 0.590. The van der Waals surface area contributed by atoms with Gasteiger partial charge in [0.05, 0.1) is 11.0 Å². The number of ether oxygens (including phenoxy) is 1. The average molecular weight is 315 g/mol. The lowest BCUT2D eigenvalue weighted by atomic mass is 9.80. The number of thiophene rings is 1. The molecule has 0 radical (unpaired) electrons. The van der Waals surface area contributed by atoms with Gasteiger partial charge < -0.3 is 4.74 Å². The summed E-state index contributed by atoms with van der Waals surface area (Å²) >= 11 is 1.83. The van der Waals surface area contributed by atoms with E-state index in [0.717, 1.165) is 12.0 Å². The highest BCUT2D eigenvalue weighted by Gasteiger charge is 2.38. The van der Waals surface area contributed by atoms with Crippen molar-refractivity contribution in [3.8, 4) is 0 Å². The molecule has 1 aliphatic carbocycles. The van der Waals surface area contributed by atoms with Gasteiger partial charge in [0.25, 0.3) is 5.69 Å². The lowest BCUT2D eigenvalue weighted by Gasteiger charge is -2.39. The Morgan fingerprint density at radius 2 is 1.91 bits per heavy atom. The van der Waals surface area contributed by atoms with Crippen LogP contribution >= 0.6 is 11.3 Å². The summed E-state index contributed by atoms with van der Waals surface area (Å²) in [5.74, 6) is 0.540. The van der Waals surface area contributed by atoms with Crippen LogP contribution in [0.2, 0.25) is 0 Å². The second-order valence-electron chi connectivity index (χ2n) is 6.03. The van der Waals surface area contributed by atoms with Crippen molar-refractivity contribution in [2.75, 3.05) is 0 Å². The molecule has 1 aliphatic heterocycles. The number of nitrogens with zero attached hydrogens (tertiary/aromatic N) is 1. The van der Waals surface area contributed by atoms with E-state index >= 15 is 0 Å². The number of hydrogen-bond acceptors (Lipinski definition) is 4. The first-order valence-electron chi connectivity index (χ1n) is 7.71. The zero-order valence-electron chi connectivity index (χ0n) is 12.1. The first-order valence-corrected chi connectivity index (χ1v) is 8.59. The number of hydrogen-bond donors (Lipinski definition) is 0. The normalized spacial score (nSPS) is 27.0. The van der Waals surface area contributed by atoms with E-state index in [1.54, 1.807) is 12.1 Å². The SMILES string of the molecule is O=[N+]([O-])c1ccc([C@H]2O[C@H]3CCCC[C@@H]3c3sccc32)cc1. The highest BCUT2D eigenvalue weighted by Crippen LogP contribution is 2.48. The molecule has 2 aromatic rings. The highest BCUT2D eigenvalue weighted by molar-refractivity contribution is 7.10. The fourth-order valence-electron chi connectivity index (χ4n) is 3.69. The largest absolute Gasteiger partial charge is 0.365 e. The zero-order valence-corrected chi connectivity index (χ0v) is 12.9. The van der Waals surface area contributed by atoms with Gasteiger partial charge in [-0.25, -0.2) is 0 Å². The summed E-state index contributed by atoms with van der Waals surface area (Å²) in [4.78, 5) is 11.9. The van der Waals surface area contributed by atoms with Crippen molar-refractivity contribution in [1.82, 2.24) is 0 Å². The van der Waals surface area contributed by atoms with E-state index in [2.05, 4.69) is 11.4 Å². The summed E-state index contributed by atoms with van der Waals surface area (Å²) in [6.07, 6.45) is 5.05. The van der Waals surface area contributed by atoms with E-state index in [4.69, 9.17) is 4.74 Å². The number of rotatable bonds is 2. The molecule has 3 atom stereocenters. The summed E-state index contributed by atoms with van der Waals surface area (Å²) in [7, 11) is 0. The number of nitro groups is 1. The molecular formula is C17H17NO3S. The van der Waals surface area contributed by atoms with Crippen LogP contribution in [-0.4, -0.2) is 11.0 Å². The van der Waals surface area contributed by atoms with Gasteiger partial charge in [0.1, 0.15) is 6.10 Å². The number of nitro benzene ring substituents is 1. The lowest BCUT2D eigenvalue weighted by molar-refractivity contribution is -0.384. The van der Waals surface area contributed by atoms with Gasteiger partial charge in [-0.05, 0) is 47.5 Å². The van der Waals surface area contributed by atoms with Crippen LogP contribution in [-0.2, 0) is 4.74 Å². The smallest absolute Gasteiger partial charge is 0.269 e. The molecule has 0 N–H and O–H groups in total. The van der Waals surface area contributed by atoms with Crippen molar-refractivity contribution < 1.29 is 9.66 Å². The first-order chi connectivity index (χ1) is 10.7. The van der Waals surface area contributed by atoms with Gasteiger partial charge in [-0.15, -0.1) is 11.3 Å². The van der Waals surface area contributed by atoms with Gasteiger partial charge in [0.15, 0.2) is 0 Å². The molecule has 0 amide bonds. The van der Waals surface area contributed by atoms with Crippen LogP contribution < -0.4 is 0 Å². The molecule has 0 saturated heterocycles. The van der Waals surface area contributed by atoms with Gasteiger partial charge in [-0.3, -0.25) is 10.1 Å². The number of non-ortho nitro benzene ring substituents is 1. The predicted molar refractivity (Wildman–Crippen MR) is 85.3 cm³/mol. The molecule has 1 aromatic carbocycles. The van der Waals surface area contributed by atoms with Crippen LogP contribution in [0.25, 0.3) is 0 Å². The average Bonchev–Trinajstić information content (AvgIpc) is 3.04. The Bertz CT molecular complexity index is 694. The van der Waals surface area contributed by atoms with Crippen LogP contribution in [0.3, 0.4) is 0 Å². The van der Waals surface area contributed by atoms with Crippen molar-refractivity contribution in [2.45, 2.75) is 43.8 Å². The first kappa shape index (κ1) is 13.9. The van der Waals surface area contributed by atoms with E-state index in [1.807, 2.05) is 23.5 Å². The van der Waals surface area contributed by atoms with Gasteiger partial charge >= 0.3 is 0 Å². The van der Waals surface area contributed by atoms with Gasteiger partial charge in [-0.2, -0.15) is 0 Å². The molecule has 4 rings (SSSR count). The van der Waals surface area contributed by atoms with Crippen molar-refractivity contribution in [3.63, 3.8) is 0 Å². The maximum absolute atomic E-state index is 10.8. The van der Waals surface area contributed by atoms with E-state index in [9.17, 15) is 10.1 Å². The van der Waals surface area contributed by atoms with E-state index in [1.165, 1.54) is 29.7 Å². The summed E-state index contributed by atoms with van der Waals surface area (Å²) in [6, 6.07) is 8.94. The van der Waals surface area contributed by atoms with E-state index < -0.39 is 0 Å². The Morgan fingerprint density at radius 3 is 2.68 bits per heavy atom. The molecule has 0 spiro atoms. The highest BCUT2D eigenvalue weighted by atomic mass is 32.1. The Labute approximate surface area is 132 Å². The fourth-order valence-corrected chi connectivity index (χ4v) is 4.80. The minimum atomic E-state index is -0.362. The molecule has 1 fully saturated rings. The van der Waals surface area contributed by atoms with E-state index in [0.29, 0.717) is 12.0 Å². The Morgan fingerprint density at radius 1 is 1.14 bits per heavy atom. The summed E-state index contributed by atoms with van der Waals surface area (Å²) < 4.78 is 6.40. The van der Waals surface area contributed by atoms with Gasteiger partial charge in [0.2, 0.25) is 0 Å². The summed E-state index contributed by atoms with van der Waals surface area (Å²) in [5, 5.41) is 13.0. The van der Waals surface area contributed by atoms with Crippen LogP contribution in [0.5, 0.6) is 0 Å². The van der Waals surface area contributed by atoms with Crippen LogP contribution in [0.15, 0.2) is 35.7 Å². The molecule has 4 nitrogen and oxygen atoms in total. The predicted octanol–water partition coefficient (Wildman–Crippen LogP) is 4.80. The van der Waals surface area contributed by atoms with Crippen LogP contribution in [0.4, 0.5) is 5.69 Å². The van der Waals surface area contributed by atoms with Crippen molar-refractivity contribution in [2.24, 2.45) is 0 Å². The second-order valence-corrected chi connectivity index (χ2v) is 6.98. The summed E-state index contributed by atoms with van der Waals surface area (Å²) in [5.41, 5.74) is 2.39. The molecule has 2 heterocycles. The second kappa shape index (κ2) is 5.48. The molecule has 1 aromatic heterocycles. The standard InChI is InChI=1S/C17H17NO3S/c19-18(20)12-7-5-11(6-8-12)16-14-9-10-22-17(14)13-3-1-2-4-15(13)21-16/h5-10,13,15-16H,1-4H2/t13-,15-,16+/m0/s1. The molecule has 114 valence electrons. The third kappa shape index (κ3) is 2.25. The third-order valence-electron chi connectivity index (χ3n) is 4.77. The van der Waals surface area contributed by atoms with Gasteiger partial charge in [-0.1, -0.05) is 12.8 Å². The third-order valence-corrected chi connectivity index (χ3v) is 5.83. The van der Waals surface area contributed by atoms with Crippen LogP contribution in [0, 0.1) is 10.1 Å². The molecule has 0 bridgehead atoms. The molecule has 2 aliphatic rings. The maximum Gasteiger partial charge on any atom is 0.269 e. The molecule has 1 saturated carbocycles. The molecule has 0 unspecified atom stereocenters. The maximum atomic E-state index is 10.8. The topological polar surface area (TPSA) is 52.4 Å². The van der Waals surface area contributed by atoms with Crippen molar-refractivity contribution in [3.05, 3.63) is 61.8 Å². The van der Waals surface area contributed by atoms with Crippen LogP contribution in [0.1, 0.15) is 53.7 Å². The number of benzene rings is 1. The lowest BCUT2D eigenvalue weighted by Crippen LogP contribution is -2.32. The molecular weight excluding hydrogens is 298 g/mol. The Hall–Kier alpha value is -1.72. The molecule has 22 heavy (non-hydrogen) atoms. The van der Waals surface area contributed by atoms with Crippen molar-refractivity contribution >= 4 is 17.0 Å². The zero-order chi connectivity index (χ0) is 15.1. The fraction of sp³-hybridized carbons (Fsp3) is 0.412. The van der Waals surface area contributed by atoms with Crippen molar-refractivity contribution in [1.29, 1.82) is 0 Å². The number of fused-ring (bicyclic) bond motifs is 3. The minimum absolute atomic E-state index is 0.0820. The minimum Gasteiger partial charge on any atom is -0.365 e. The Balaban J connectivity index is 1.71. The molecule has 5 heteroatoms. The monoisotopic (exact) mass is 315 g/mol. The van der Waals surface area contributed by atoms with Gasteiger partial charge in [0, 0.05) is 22.9 Å².